The number of nitrogens with zero attached hydrogens (tertiary/aromatic N) is 4. The van der Waals surface area contributed by atoms with Gasteiger partial charge in [-0.15, -0.1) is 0 Å². The third-order valence-electron chi connectivity index (χ3n) is 5.36. The number of carbonyl (C=O) groups is 1. The van der Waals surface area contributed by atoms with Gasteiger partial charge in [-0.05, 0) is 61.7 Å². The number of benzene rings is 1. The van der Waals surface area contributed by atoms with Crippen molar-refractivity contribution in [2.75, 3.05) is 19.7 Å². The van der Waals surface area contributed by atoms with Gasteiger partial charge in [-0.2, -0.15) is 5.10 Å². The average Bonchev–Trinajstić information content (AvgIpc) is 2.76. The zero-order chi connectivity index (χ0) is 22.7. The molecule has 0 N–H and O–H groups in total. The molecule has 0 radical (unpaired) electrons. The molecule has 1 atom stereocenters. The van der Waals surface area contributed by atoms with E-state index in [1.54, 1.807) is 24.0 Å². The van der Waals surface area contributed by atoms with Gasteiger partial charge in [0, 0.05) is 18.3 Å². The maximum absolute atomic E-state index is 13.5. The Bertz CT molecular complexity index is 1190. The minimum Gasteiger partial charge on any atom is -0.368 e. The van der Waals surface area contributed by atoms with Crippen LogP contribution in [0, 0.1) is 19.7 Å². The number of morpholine rings is 1. The smallest absolute Gasteiger partial charge is 0.267 e. The fourth-order valence-corrected chi connectivity index (χ4v) is 3.86. The summed E-state index contributed by atoms with van der Waals surface area (Å²) in [6.45, 7) is 4.73. The monoisotopic (exact) mass is 436 g/mol. The van der Waals surface area contributed by atoms with E-state index < -0.39 is 0 Å². The molecule has 2 aromatic heterocycles. The molecule has 1 aliphatic heterocycles. The van der Waals surface area contributed by atoms with Crippen LogP contribution in [0.25, 0.3) is 0 Å². The minimum absolute atomic E-state index is 0.112. The van der Waals surface area contributed by atoms with Gasteiger partial charge in [0.2, 0.25) is 5.91 Å². The van der Waals surface area contributed by atoms with Crippen molar-refractivity contribution in [2.24, 2.45) is 0 Å². The van der Waals surface area contributed by atoms with E-state index in [1.807, 2.05) is 25.1 Å². The van der Waals surface area contributed by atoms with Gasteiger partial charge in [0.15, 0.2) is 0 Å². The Balaban J connectivity index is 1.49. The average molecular weight is 436 g/mol. The SMILES string of the molecule is Cc1cc(Cc2cccc(F)c2)cc([C@H]2CN(C(=O)Cn3nc(C)ccc3=O)CCO2)n1. The molecular weight excluding hydrogens is 411 g/mol. The van der Waals surface area contributed by atoms with E-state index in [9.17, 15) is 14.0 Å². The summed E-state index contributed by atoms with van der Waals surface area (Å²) in [5.74, 6) is -0.452. The molecule has 0 unspecified atom stereocenters. The standard InChI is InChI=1S/C24H25FN4O3/c1-16-6-7-23(30)29(27-16)15-24(31)28-8-9-32-22(14-28)21-13-19(10-17(2)26-21)11-18-4-3-5-20(25)12-18/h3-7,10,12-13,22H,8-9,11,14-15H2,1-2H3/t22-/m1/s1. The van der Waals surface area contributed by atoms with Crippen LogP contribution in [0.4, 0.5) is 4.39 Å². The molecule has 4 rings (SSSR count). The van der Waals surface area contributed by atoms with E-state index in [-0.39, 0.29) is 29.9 Å². The van der Waals surface area contributed by atoms with Gasteiger partial charge in [-0.25, -0.2) is 9.07 Å². The number of pyridine rings is 1. The molecule has 1 aliphatic rings. The number of aromatic nitrogens is 3. The van der Waals surface area contributed by atoms with Crippen molar-refractivity contribution in [2.45, 2.75) is 32.9 Å². The first-order chi connectivity index (χ1) is 15.4. The number of amides is 1. The number of hydrogen-bond acceptors (Lipinski definition) is 5. The van der Waals surface area contributed by atoms with Gasteiger partial charge in [0.1, 0.15) is 18.5 Å². The number of hydrogen-bond donors (Lipinski definition) is 0. The number of carbonyl (C=O) groups excluding carboxylic acids is 1. The van der Waals surface area contributed by atoms with Crippen LogP contribution in [-0.4, -0.2) is 45.3 Å². The lowest BCUT2D eigenvalue weighted by atomic mass is 10.0. The molecule has 1 amide bonds. The van der Waals surface area contributed by atoms with Crippen LogP contribution >= 0.6 is 0 Å². The highest BCUT2D eigenvalue weighted by Crippen LogP contribution is 2.23. The predicted molar refractivity (Wildman–Crippen MR) is 117 cm³/mol. The van der Waals surface area contributed by atoms with Gasteiger partial charge < -0.3 is 9.64 Å². The first-order valence-corrected chi connectivity index (χ1v) is 10.5. The minimum atomic E-state index is -0.374. The highest BCUT2D eigenvalue weighted by atomic mass is 19.1. The van der Waals surface area contributed by atoms with Gasteiger partial charge >= 0.3 is 0 Å². The Labute approximate surface area is 185 Å². The molecule has 3 aromatic rings. The Kier molecular flexibility index (Phi) is 6.41. The molecule has 8 heteroatoms. The Hall–Kier alpha value is -3.39. The van der Waals surface area contributed by atoms with Crippen molar-refractivity contribution in [3.05, 3.63) is 92.9 Å². The lowest BCUT2D eigenvalue weighted by Gasteiger charge is -2.33. The topological polar surface area (TPSA) is 77.3 Å². The molecule has 1 aromatic carbocycles. The summed E-state index contributed by atoms with van der Waals surface area (Å²) in [6, 6.07) is 13.5. The van der Waals surface area contributed by atoms with E-state index in [0.29, 0.717) is 31.8 Å². The van der Waals surface area contributed by atoms with Crippen LogP contribution in [0.5, 0.6) is 0 Å². The van der Waals surface area contributed by atoms with Crippen molar-refractivity contribution in [1.29, 1.82) is 0 Å². The van der Waals surface area contributed by atoms with Crippen LogP contribution in [0.3, 0.4) is 0 Å². The fourth-order valence-electron chi connectivity index (χ4n) is 3.86. The zero-order valence-corrected chi connectivity index (χ0v) is 18.1. The normalized spacial score (nSPS) is 16.2. The molecule has 0 saturated carbocycles. The molecule has 0 bridgehead atoms. The van der Waals surface area contributed by atoms with Crippen LogP contribution < -0.4 is 5.56 Å². The summed E-state index contributed by atoms with van der Waals surface area (Å²) in [5.41, 5.74) is 3.80. The molecule has 166 valence electrons. The highest BCUT2D eigenvalue weighted by Gasteiger charge is 2.27. The Morgan fingerprint density at radius 2 is 1.97 bits per heavy atom. The lowest BCUT2D eigenvalue weighted by Crippen LogP contribution is -2.45. The van der Waals surface area contributed by atoms with Crippen molar-refractivity contribution in [3.63, 3.8) is 0 Å². The molecule has 0 aliphatic carbocycles. The van der Waals surface area contributed by atoms with Crippen LogP contribution in [-0.2, 0) is 22.5 Å². The summed E-state index contributed by atoms with van der Waals surface area (Å²) in [4.78, 5) is 31.1. The van der Waals surface area contributed by atoms with Crippen molar-refractivity contribution in [3.8, 4) is 0 Å². The van der Waals surface area contributed by atoms with Gasteiger partial charge in [0.05, 0.1) is 24.5 Å². The van der Waals surface area contributed by atoms with Crippen molar-refractivity contribution >= 4 is 5.91 Å². The third-order valence-corrected chi connectivity index (χ3v) is 5.36. The maximum atomic E-state index is 13.5. The van der Waals surface area contributed by atoms with Crippen molar-refractivity contribution < 1.29 is 13.9 Å². The number of rotatable bonds is 5. The highest BCUT2D eigenvalue weighted by molar-refractivity contribution is 5.76. The molecule has 1 saturated heterocycles. The molecule has 1 fully saturated rings. The van der Waals surface area contributed by atoms with Crippen molar-refractivity contribution in [1.82, 2.24) is 19.7 Å². The second-order valence-corrected chi connectivity index (χ2v) is 8.02. The van der Waals surface area contributed by atoms with E-state index in [1.165, 1.54) is 22.9 Å². The van der Waals surface area contributed by atoms with E-state index in [0.717, 1.165) is 22.5 Å². The Morgan fingerprint density at radius 3 is 2.78 bits per heavy atom. The summed E-state index contributed by atoms with van der Waals surface area (Å²) in [7, 11) is 0. The van der Waals surface area contributed by atoms with Crippen LogP contribution in [0.1, 0.15) is 34.3 Å². The second kappa shape index (κ2) is 9.40. The molecule has 3 heterocycles. The number of ether oxygens (including phenoxy) is 1. The third kappa shape index (κ3) is 5.26. The number of halogens is 1. The number of aryl methyl sites for hydroxylation is 2. The quantitative estimate of drug-likeness (QED) is 0.615. The first kappa shape index (κ1) is 21.8. The van der Waals surface area contributed by atoms with Crippen LogP contribution in [0.2, 0.25) is 0 Å². The first-order valence-electron chi connectivity index (χ1n) is 10.5. The predicted octanol–water partition coefficient (Wildman–Crippen LogP) is 2.59. The Morgan fingerprint density at radius 1 is 1.12 bits per heavy atom. The zero-order valence-electron chi connectivity index (χ0n) is 18.1. The molecule has 32 heavy (non-hydrogen) atoms. The summed E-state index contributed by atoms with van der Waals surface area (Å²) in [5, 5.41) is 4.14. The second-order valence-electron chi connectivity index (χ2n) is 8.02. The maximum Gasteiger partial charge on any atom is 0.267 e. The van der Waals surface area contributed by atoms with Crippen LogP contribution in [0.15, 0.2) is 53.3 Å². The largest absolute Gasteiger partial charge is 0.368 e. The van der Waals surface area contributed by atoms with E-state index in [4.69, 9.17) is 4.74 Å². The van der Waals surface area contributed by atoms with Gasteiger partial charge in [-0.3, -0.25) is 14.6 Å². The molecular formula is C24H25FN4O3. The van der Waals surface area contributed by atoms with Gasteiger partial charge in [-0.1, -0.05) is 12.1 Å². The summed E-state index contributed by atoms with van der Waals surface area (Å²) >= 11 is 0. The van der Waals surface area contributed by atoms with Gasteiger partial charge in [0.25, 0.3) is 5.56 Å². The molecule has 0 spiro atoms. The summed E-state index contributed by atoms with van der Waals surface area (Å²) in [6.07, 6.45) is 0.201. The van der Waals surface area contributed by atoms with E-state index >= 15 is 0 Å². The molecule has 7 nitrogen and oxygen atoms in total. The van der Waals surface area contributed by atoms with E-state index in [2.05, 4.69) is 10.1 Å². The lowest BCUT2D eigenvalue weighted by molar-refractivity contribution is -0.140. The summed E-state index contributed by atoms with van der Waals surface area (Å²) < 4.78 is 20.6. The fraction of sp³-hybridized carbons (Fsp3) is 0.333.